The second-order valence-corrected chi connectivity index (χ2v) is 2.22. The minimum atomic E-state index is -0.361. The molecule has 0 bridgehead atoms. The second-order valence-electron chi connectivity index (χ2n) is 1.68. The average Bonchev–Trinajstić information content (AvgIpc) is 1.86. The molecular formula is C8H16Cl2O4-2. The van der Waals surface area contributed by atoms with Gasteiger partial charge in [0, 0.05) is 13.8 Å². The van der Waals surface area contributed by atoms with E-state index in [1.54, 1.807) is 13.8 Å². The molecule has 14 heavy (non-hydrogen) atoms. The number of ether oxygens (including phenoxy) is 1. The SMILES string of the molecule is CC(=O)Cl.CCOC(C)=O.CC[O-].[Cl-]. The highest BCUT2D eigenvalue weighted by Crippen LogP contribution is 1.69. The molecule has 0 saturated carbocycles. The Morgan fingerprint density at radius 1 is 1.29 bits per heavy atom. The van der Waals surface area contributed by atoms with Gasteiger partial charge in [0.1, 0.15) is 0 Å². The Balaban J connectivity index is -0.0000000553. The molecule has 0 aromatic rings. The summed E-state index contributed by atoms with van der Waals surface area (Å²) in [7, 11) is 0. The van der Waals surface area contributed by atoms with Gasteiger partial charge in [-0.15, -0.1) is 6.61 Å². The number of hydrogen-bond acceptors (Lipinski definition) is 4. The van der Waals surface area contributed by atoms with Crippen molar-refractivity contribution in [1.29, 1.82) is 0 Å². The highest BCUT2D eigenvalue weighted by molar-refractivity contribution is 6.62. The van der Waals surface area contributed by atoms with Gasteiger partial charge in [-0.25, -0.2) is 0 Å². The summed E-state index contributed by atoms with van der Waals surface area (Å²) in [6, 6.07) is 0. The molecule has 0 N–H and O–H groups in total. The summed E-state index contributed by atoms with van der Waals surface area (Å²) in [6.45, 7) is 6.52. The lowest BCUT2D eigenvalue weighted by molar-refractivity contribution is -0.361. The van der Waals surface area contributed by atoms with Crippen LogP contribution in [0.4, 0.5) is 0 Å². The van der Waals surface area contributed by atoms with Crippen LogP contribution in [0.3, 0.4) is 0 Å². The molecule has 0 rings (SSSR count). The van der Waals surface area contributed by atoms with Crippen molar-refractivity contribution in [1.82, 2.24) is 0 Å². The van der Waals surface area contributed by atoms with Gasteiger partial charge in [0.25, 0.3) is 0 Å². The summed E-state index contributed by atoms with van der Waals surface area (Å²) in [5.41, 5.74) is 0. The second kappa shape index (κ2) is 23.0. The Hall–Kier alpha value is -0.320. The quantitative estimate of drug-likeness (QED) is 0.386. The molecule has 0 amide bonds. The van der Waals surface area contributed by atoms with Gasteiger partial charge in [0.05, 0.1) is 6.61 Å². The normalized spacial score (nSPS) is 6.43. The number of hydrogen-bond donors (Lipinski definition) is 0. The van der Waals surface area contributed by atoms with Crippen LogP contribution in [0.5, 0.6) is 0 Å². The van der Waals surface area contributed by atoms with E-state index in [-0.39, 0.29) is 30.2 Å². The number of halogens is 2. The van der Waals surface area contributed by atoms with Gasteiger partial charge in [-0.1, -0.05) is 6.92 Å². The fourth-order valence-corrected chi connectivity index (χ4v) is 0.203. The van der Waals surface area contributed by atoms with Crippen molar-refractivity contribution in [3.8, 4) is 0 Å². The third kappa shape index (κ3) is 185. The van der Waals surface area contributed by atoms with Crippen LogP contribution in [0.2, 0.25) is 0 Å². The first-order valence-electron chi connectivity index (χ1n) is 3.79. The molecule has 0 fully saturated rings. The Morgan fingerprint density at radius 3 is 1.50 bits per heavy atom. The predicted octanol–water partition coefficient (Wildman–Crippen LogP) is -2.29. The fraction of sp³-hybridized carbons (Fsp3) is 0.750. The lowest BCUT2D eigenvalue weighted by Crippen LogP contribution is -3.00. The summed E-state index contributed by atoms with van der Waals surface area (Å²) >= 11 is 4.64. The summed E-state index contributed by atoms with van der Waals surface area (Å²) in [4.78, 5) is 19.0. The first-order valence-corrected chi connectivity index (χ1v) is 4.17. The molecule has 0 aromatic carbocycles. The lowest BCUT2D eigenvalue weighted by Gasteiger charge is -1.89. The van der Waals surface area contributed by atoms with E-state index in [0.29, 0.717) is 6.61 Å². The molecule has 4 nitrogen and oxygen atoms in total. The van der Waals surface area contributed by atoms with Crippen LogP contribution in [-0.4, -0.2) is 24.4 Å². The van der Waals surface area contributed by atoms with E-state index in [0.717, 1.165) is 0 Å². The molecule has 0 radical (unpaired) electrons. The van der Waals surface area contributed by atoms with Crippen molar-refractivity contribution in [3.63, 3.8) is 0 Å². The maximum atomic E-state index is 9.82. The zero-order valence-corrected chi connectivity index (χ0v) is 10.3. The first-order chi connectivity index (χ1) is 5.92. The van der Waals surface area contributed by atoms with Crippen molar-refractivity contribution < 1.29 is 31.8 Å². The van der Waals surface area contributed by atoms with Crippen molar-refractivity contribution in [3.05, 3.63) is 0 Å². The molecule has 0 aliphatic carbocycles. The van der Waals surface area contributed by atoms with E-state index in [1.165, 1.54) is 13.8 Å². The van der Waals surface area contributed by atoms with Crippen molar-refractivity contribution in [2.24, 2.45) is 0 Å². The molecule has 0 aromatic heterocycles. The molecule has 0 unspecified atom stereocenters. The van der Waals surface area contributed by atoms with E-state index in [1.807, 2.05) is 0 Å². The molecular weight excluding hydrogens is 231 g/mol. The highest BCUT2D eigenvalue weighted by Gasteiger charge is 1.81. The van der Waals surface area contributed by atoms with Gasteiger partial charge in [0.15, 0.2) is 0 Å². The van der Waals surface area contributed by atoms with Gasteiger partial charge < -0.3 is 22.3 Å². The van der Waals surface area contributed by atoms with Gasteiger partial charge in [-0.2, -0.15) is 0 Å². The summed E-state index contributed by atoms with van der Waals surface area (Å²) < 4.78 is 4.40. The molecule has 0 spiro atoms. The zero-order chi connectivity index (χ0) is 11.3. The maximum absolute atomic E-state index is 9.82. The molecule has 6 heteroatoms. The minimum Gasteiger partial charge on any atom is -1.00 e. The monoisotopic (exact) mass is 246 g/mol. The van der Waals surface area contributed by atoms with E-state index >= 15 is 0 Å². The first kappa shape index (κ1) is 23.5. The fourth-order valence-electron chi connectivity index (χ4n) is 0.203. The molecule has 0 atom stereocenters. The third-order valence-electron chi connectivity index (χ3n) is 0.348. The lowest BCUT2D eigenvalue weighted by atomic mass is 10.8. The summed E-state index contributed by atoms with van der Waals surface area (Å²) in [5, 5.41) is 8.57. The highest BCUT2D eigenvalue weighted by atomic mass is 35.5. The number of carbonyl (C=O) groups excluding carboxylic acids is 2. The topological polar surface area (TPSA) is 66.4 Å². The number of rotatable bonds is 1. The van der Waals surface area contributed by atoms with E-state index in [9.17, 15) is 9.59 Å². The molecule has 0 saturated heterocycles. The van der Waals surface area contributed by atoms with Crippen LogP contribution in [0, 0.1) is 0 Å². The molecule has 0 aliphatic rings. The van der Waals surface area contributed by atoms with E-state index in [4.69, 9.17) is 5.11 Å². The van der Waals surface area contributed by atoms with Gasteiger partial charge >= 0.3 is 5.97 Å². The molecule has 88 valence electrons. The van der Waals surface area contributed by atoms with Gasteiger partial charge in [-0.05, 0) is 18.5 Å². The van der Waals surface area contributed by atoms with Crippen molar-refractivity contribution in [2.45, 2.75) is 27.7 Å². The summed E-state index contributed by atoms with van der Waals surface area (Å²) in [6.07, 6.45) is 0. The van der Waals surface area contributed by atoms with E-state index < -0.39 is 0 Å². The largest absolute Gasteiger partial charge is 1.00 e. The standard InChI is InChI=1S/C4H8O2.C2H3ClO.C2H5O.ClH/c1-3-6-4(2)5;1-2(3)4;1-2-3;/h3H2,1-2H3;1H3;2H2,1H3;1H/q;;-1;/p-1. The maximum Gasteiger partial charge on any atom is 0.302 e. The Kier molecular flexibility index (Phi) is 38.5. The van der Waals surface area contributed by atoms with Crippen LogP contribution in [-0.2, 0) is 14.3 Å². The van der Waals surface area contributed by atoms with Crippen LogP contribution >= 0.6 is 11.6 Å². The summed E-state index contributed by atoms with van der Waals surface area (Å²) in [5.74, 6) is -0.211. The van der Waals surface area contributed by atoms with Gasteiger partial charge in [0.2, 0.25) is 5.24 Å². The zero-order valence-electron chi connectivity index (χ0n) is 8.80. The van der Waals surface area contributed by atoms with Crippen molar-refractivity contribution >= 4 is 22.8 Å². The van der Waals surface area contributed by atoms with E-state index in [2.05, 4.69) is 16.3 Å². The van der Waals surface area contributed by atoms with Crippen LogP contribution in [0.25, 0.3) is 0 Å². The predicted molar refractivity (Wildman–Crippen MR) is 49.4 cm³/mol. The van der Waals surface area contributed by atoms with Crippen LogP contribution < -0.4 is 17.5 Å². The Bertz CT molecular complexity index is 125. The van der Waals surface area contributed by atoms with Crippen LogP contribution in [0.1, 0.15) is 27.7 Å². The van der Waals surface area contributed by atoms with Crippen molar-refractivity contribution in [2.75, 3.05) is 13.2 Å². The van der Waals surface area contributed by atoms with Gasteiger partial charge in [-0.3, -0.25) is 9.59 Å². The average molecular weight is 247 g/mol. The third-order valence-corrected chi connectivity index (χ3v) is 0.348. The van der Waals surface area contributed by atoms with Crippen LogP contribution in [0.15, 0.2) is 0 Å². The smallest absolute Gasteiger partial charge is 0.302 e. The Labute approximate surface area is 96.0 Å². The Morgan fingerprint density at radius 2 is 1.50 bits per heavy atom. The number of esters is 1. The molecule has 0 aliphatic heterocycles. The number of carbonyl (C=O) groups is 2. The molecule has 0 heterocycles. The minimum absolute atomic E-state index is 0.